The molecule has 0 aliphatic heterocycles. The van der Waals surface area contributed by atoms with E-state index in [0.29, 0.717) is 6.54 Å². The van der Waals surface area contributed by atoms with Gasteiger partial charge in [-0.05, 0) is 12.1 Å². The Labute approximate surface area is 92.4 Å². The Hall–Kier alpha value is -2.17. The molecule has 2 heterocycles. The molecule has 16 heavy (non-hydrogen) atoms. The molecule has 0 radical (unpaired) electrons. The van der Waals surface area contributed by atoms with Gasteiger partial charge in [0.2, 0.25) is 0 Å². The first kappa shape index (κ1) is 10.4. The van der Waals surface area contributed by atoms with Crippen molar-refractivity contribution in [3.63, 3.8) is 0 Å². The van der Waals surface area contributed by atoms with Crippen molar-refractivity contribution >= 4 is 5.97 Å². The lowest BCUT2D eigenvalue weighted by Gasteiger charge is -2.05. The number of rotatable bonds is 4. The summed E-state index contributed by atoms with van der Waals surface area (Å²) in [5.74, 6) is -0.814. The minimum absolute atomic E-state index is 0.0869. The molecule has 0 amide bonds. The molecule has 2 aromatic heterocycles. The Morgan fingerprint density at radius 3 is 2.94 bits per heavy atom. The number of imidazole rings is 1. The predicted octanol–water partition coefficient (Wildman–Crippen LogP) is 1.42. The number of aryl methyl sites for hydroxylation is 1. The molecule has 0 saturated carbocycles. The van der Waals surface area contributed by atoms with Crippen molar-refractivity contribution in [1.82, 2.24) is 14.5 Å². The minimum atomic E-state index is -0.814. The highest BCUT2D eigenvalue weighted by Gasteiger charge is 2.06. The molecule has 1 N–H and O–H groups in total. The highest BCUT2D eigenvalue weighted by atomic mass is 16.4. The van der Waals surface area contributed by atoms with E-state index in [1.165, 1.54) is 0 Å². The van der Waals surface area contributed by atoms with Crippen molar-refractivity contribution < 1.29 is 9.90 Å². The summed E-state index contributed by atoms with van der Waals surface area (Å²) in [6.07, 6.45) is 6.85. The average molecular weight is 217 g/mol. The molecule has 5 nitrogen and oxygen atoms in total. The highest BCUT2D eigenvalue weighted by molar-refractivity contribution is 5.66. The van der Waals surface area contributed by atoms with Crippen LogP contribution in [0.1, 0.15) is 6.42 Å². The molecule has 0 fully saturated rings. The van der Waals surface area contributed by atoms with Gasteiger partial charge in [0.15, 0.2) is 0 Å². The first-order valence-electron chi connectivity index (χ1n) is 4.89. The van der Waals surface area contributed by atoms with Crippen molar-refractivity contribution in [1.29, 1.82) is 0 Å². The topological polar surface area (TPSA) is 68.0 Å². The van der Waals surface area contributed by atoms with Crippen molar-refractivity contribution in [2.45, 2.75) is 13.0 Å². The van der Waals surface area contributed by atoms with Crippen LogP contribution in [0.2, 0.25) is 0 Å². The van der Waals surface area contributed by atoms with Gasteiger partial charge in [0.05, 0.1) is 24.6 Å². The summed E-state index contributed by atoms with van der Waals surface area (Å²) >= 11 is 0. The van der Waals surface area contributed by atoms with E-state index in [4.69, 9.17) is 5.11 Å². The van der Waals surface area contributed by atoms with Gasteiger partial charge >= 0.3 is 5.97 Å². The van der Waals surface area contributed by atoms with Gasteiger partial charge in [-0.3, -0.25) is 9.78 Å². The van der Waals surface area contributed by atoms with E-state index in [2.05, 4.69) is 9.97 Å². The van der Waals surface area contributed by atoms with Crippen LogP contribution in [-0.4, -0.2) is 25.6 Å². The van der Waals surface area contributed by atoms with Crippen LogP contribution in [-0.2, 0) is 11.3 Å². The zero-order chi connectivity index (χ0) is 11.4. The summed E-state index contributed by atoms with van der Waals surface area (Å²) in [5.41, 5.74) is 1.82. The van der Waals surface area contributed by atoms with E-state index >= 15 is 0 Å². The summed E-state index contributed by atoms with van der Waals surface area (Å²) in [4.78, 5) is 18.5. The minimum Gasteiger partial charge on any atom is -0.481 e. The number of nitrogens with zero attached hydrogens (tertiary/aromatic N) is 3. The zero-order valence-electron chi connectivity index (χ0n) is 8.58. The Balaban J connectivity index is 2.23. The maximum Gasteiger partial charge on any atom is 0.305 e. The molecule has 2 rings (SSSR count). The summed E-state index contributed by atoms with van der Waals surface area (Å²) in [5, 5.41) is 8.63. The standard InChI is InChI=1S/C11H11N3O2/c15-11(16)3-5-14-8-13-7-10(14)9-2-1-4-12-6-9/h1-2,4,6-8H,3,5H2,(H,15,16). The van der Waals surface area contributed by atoms with Gasteiger partial charge in [-0.2, -0.15) is 0 Å². The van der Waals surface area contributed by atoms with Crippen molar-refractivity contribution in [3.05, 3.63) is 37.1 Å². The van der Waals surface area contributed by atoms with Crippen LogP contribution in [0.15, 0.2) is 37.1 Å². The van der Waals surface area contributed by atoms with E-state index in [1.807, 2.05) is 16.7 Å². The number of hydrogen-bond donors (Lipinski definition) is 1. The Kier molecular flexibility index (Phi) is 2.95. The van der Waals surface area contributed by atoms with Crippen molar-refractivity contribution in [3.8, 4) is 11.3 Å². The van der Waals surface area contributed by atoms with E-state index < -0.39 is 5.97 Å². The predicted molar refractivity (Wildman–Crippen MR) is 57.7 cm³/mol. The molecular formula is C11H11N3O2. The Bertz CT molecular complexity index is 479. The fourth-order valence-electron chi connectivity index (χ4n) is 1.47. The molecule has 0 aromatic carbocycles. The number of carbonyl (C=O) groups is 1. The summed E-state index contributed by atoms with van der Waals surface area (Å²) in [7, 11) is 0. The second-order valence-corrected chi connectivity index (χ2v) is 3.36. The van der Waals surface area contributed by atoms with E-state index in [9.17, 15) is 4.79 Å². The van der Waals surface area contributed by atoms with E-state index in [0.717, 1.165) is 11.3 Å². The first-order valence-corrected chi connectivity index (χ1v) is 4.89. The van der Waals surface area contributed by atoms with Crippen LogP contribution >= 0.6 is 0 Å². The van der Waals surface area contributed by atoms with Gasteiger partial charge in [-0.1, -0.05) is 0 Å². The first-order chi connectivity index (χ1) is 7.77. The van der Waals surface area contributed by atoms with Gasteiger partial charge in [0.25, 0.3) is 0 Å². The molecule has 82 valence electrons. The second-order valence-electron chi connectivity index (χ2n) is 3.36. The normalized spacial score (nSPS) is 10.2. The molecule has 5 heteroatoms. The van der Waals surface area contributed by atoms with Crippen molar-refractivity contribution in [2.24, 2.45) is 0 Å². The number of carboxylic acid groups (broad SMARTS) is 1. The van der Waals surface area contributed by atoms with E-state index in [1.54, 1.807) is 24.9 Å². The van der Waals surface area contributed by atoms with Crippen LogP contribution in [0.3, 0.4) is 0 Å². The lowest BCUT2D eigenvalue weighted by molar-refractivity contribution is -0.137. The number of hydrogen-bond acceptors (Lipinski definition) is 3. The smallest absolute Gasteiger partial charge is 0.305 e. The summed E-state index contributed by atoms with van der Waals surface area (Å²) < 4.78 is 1.81. The molecule has 0 bridgehead atoms. The summed E-state index contributed by atoms with van der Waals surface area (Å²) in [6, 6.07) is 3.76. The monoisotopic (exact) mass is 217 g/mol. The number of pyridine rings is 1. The molecule has 0 aliphatic carbocycles. The fourth-order valence-corrected chi connectivity index (χ4v) is 1.47. The molecule has 0 unspecified atom stereocenters. The number of aromatic nitrogens is 3. The van der Waals surface area contributed by atoms with Crippen LogP contribution in [0, 0.1) is 0 Å². The molecule has 0 spiro atoms. The lowest BCUT2D eigenvalue weighted by atomic mass is 10.2. The van der Waals surface area contributed by atoms with Gasteiger partial charge in [-0.15, -0.1) is 0 Å². The quantitative estimate of drug-likeness (QED) is 0.840. The second kappa shape index (κ2) is 4.57. The molecule has 0 saturated heterocycles. The third-order valence-corrected chi connectivity index (χ3v) is 2.24. The van der Waals surface area contributed by atoms with E-state index in [-0.39, 0.29) is 6.42 Å². The third kappa shape index (κ3) is 2.25. The van der Waals surface area contributed by atoms with Gasteiger partial charge in [0, 0.05) is 24.5 Å². The molecule has 2 aromatic rings. The maximum absolute atomic E-state index is 10.5. The SMILES string of the molecule is O=C(O)CCn1cncc1-c1cccnc1. The third-order valence-electron chi connectivity index (χ3n) is 2.24. The zero-order valence-corrected chi connectivity index (χ0v) is 8.58. The molecular weight excluding hydrogens is 206 g/mol. The summed E-state index contributed by atoms with van der Waals surface area (Å²) in [6.45, 7) is 0.416. The number of carboxylic acids is 1. The maximum atomic E-state index is 10.5. The fraction of sp³-hybridized carbons (Fsp3) is 0.182. The largest absolute Gasteiger partial charge is 0.481 e. The van der Waals surface area contributed by atoms with Gasteiger partial charge < -0.3 is 9.67 Å². The van der Waals surface area contributed by atoms with Crippen molar-refractivity contribution in [2.75, 3.05) is 0 Å². The van der Waals surface area contributed by atoms with Gasteiger partial charge in [-0.25, -0.2) is 4.98 Å². The highest BCUT2D eigenvalue weighted by Crippen LogP contribution is 2.17. The Morgan fingerprint density at radius 2 is 2.25 bits per heavy atom. The Morgan fingerprint density at radius 1 is 1.38 bits per heavy atom. The number of aliphatic carboxylic acids is 1. The van der Waals surface area contributed by atoms with Crippen LogP contribution in [0.4, 0.5) is 0 Å². The lowest BCUT2D eigenvalue weighted by Crippen LogP contribution is -2.04. The van der Waals surface area contributed by atoms with Crippen LogP contribution < -0.4 is 0 Å². The molecule has 0 atom stereocenters. The average Bonchev–Trinajstić information content (AvgIpc) is 2.75. The van der Waals surface area contributed by atoms with Gasteiger partial charge in [0.1, 0.15) is 0 Å². The molecule has 0 aliphatic rings. The van der Waals surface area contributed by atoms with Crippen LogP contribution in [0.5, 0.6) is 0 Å². The van der Waals surface area contributed by atoms with Crippen LogP contribution in [0.25, 0.3) is 11.3 Å².